The average molecular weight is 155 g/mol. The van der Waals surface area contributed by atoms with Gasteiger partial charge in [-0.15, -0.1) is 0 Å². The zero-order valence-electron chi connectivity index (χ0n) is 6.13. The number of benzene rings is 1. The first-order valence-electron chi connectivity index (χ1n) is 3.13. The summed E-state index contributed by atoms with van der Waals surface area (Å²) in [6, 6.07) is 6.50. The third-order valence-electron chi connectivity index (χ3n) is 1.32. The van der Waals surface area contributed by atoms with E-state index in [1.807, 2.05) is 25.1 Å². The normalized spacial score (nSPS) is 8.64. The van der Waals surface area contributed by atoms with Gasteiger partial charge >= 0.3 is 0 Å². The Bertz CT molecular complexity index is 221. The van der Waals surface area contributed by atoms with Gasteiger partial charge in [-0.3, -0.25) is 0 Å². The van der Waals surface area contributed by atoms with Crippen LogP contribution >= 0.6 is 0 Å². The molecule has 0 saturated heterocycles. The molecule has 0 radical (unpaired) electrons. The molecule has 0 aliphatic heterocycles. The van der Waals surface area contributed by atoms with Crippen LogP contribution < -0.4 is 4.90 Å². The molecule has 0 heterocycles. The van der Waals surface area contributed by atoms with Crippen molar-refractivity contribution in [3.8, 4) is 0 Å². The Kier molecular flexibility index (Phi) is 3.58. The molecule has 11 heavy (non-hydrogen) atoms. The fourth-order valence-electron chi connectivity index (χ4n) is 0.754. The van der Waals surface area contributed by atoms with Crippen molar-refractivity contribution >= 4 is 5.69 Å². The number of anilines is 1. The van der Waals surface area contributed by atoms with Gasteiger partial charge < -0.3 is 4.90 Å². The van der Waals surface area contributed by atoms with Gasteiger partial charge in [0.15, 0.2) is 0 Å². The smallest absolute Gasteiger partial charge is 0.125 e. The first-order chi connectivity index (χ1) is 4.70. The van der Waals surface area contributed by atoms with Gasteiger partial charge in [-0.25, -0.2) is 4.39 Å². The second-order valence-corrected chi connectivity index (χ2v) is 2.37. The molecule has 0 aliphatic carbocycles. The van der Waals surface area contributed by atoms with Crippen LogP contribution in [0.2, 0.25) is 0 Å². The van der Waals surface area contributed by atoms with Gasteiger partial charge in [0.1, 0.15) is 5.82 Å². The highest BCUT2D eigenvalue weighted by atomic mass is 19.1. The Hall–Kier alpha value is -1.05. The molecule has 1 aromatic rings. The van der Waals surface area contributed by atoms with Crippen molar-refractivity contribution in [3.05, 3.63) is 30.1 Å². The summed E-state index contributed by atoms with van der Waals surface area (Å²) in [6.07, 6.45) is 0. The molecule has 0 saturated carbocycles. The summed E-state index contributed by atoms with van der Waals surface area (Å²) >= 11 is 0. The molecule has 0 aliphatic rings. The van der Waals surface area contributed by atoms with Gasteiger partial charge in [0.05, 0.1) is 0 Å². The van der Waals surface area contributed by atoms with Crippen LogP contribution in [-0.4, -0.2) is 14.1 Å². The molecule has 0 unspecified atom stereocenters. The van der Waals surface area contributed by atoms with Gasteiger partial charge in [0, 0.05) is 19.8 Å². The molecular weight excluding hydrogens is 141 g/mol. The van der Waals surface area contributed by atoms with Crippen molar-refractivity contribution in [3.63, 3.8) is 0 Å². The zero-order valence-corrected chi connectivity index (χ0v) is 6.13. The predicted octanol–water partition coefficient (Wildman–Crippen LogP) is 2.53. The van der Waals surface area contributed by atoms with Crippen molar-refractivity contribution < 1.29 is 4.39 Å². The minimum atomic E-state index is -0.189. The number of hydrogen-bond acceptors (Lipinski definition) is 1. The van der Waals surface area contributed by atoms with Crippen molar-refractivity contribution in [2.75, 3.05) is 19.0 Å². The van der Waals surface area contributed by atoms with Crippen molar-refractivity contribution in [1.82, 2.24) is 0 Å². The van der Waals surface area contributed by atoms with Crippen LogP contribution in [0.1, 0.15) is 7.43 Å². The Morgan fingerprint density at radius 3 is 2.27 bits per heavy atom. The lowest BCUT2D eigenvalue weighted by molar-refractivity contribution is 0.627. The molecule has 62 valence electrons. The van der Waals surface area contributed by atoms with E-state index in [0.717, 1.165) is 5.69 Å². The summed E-state index contributed by atoms with van der Waals surface area (Å²) in [4.78, 5) is 1.86. The van der Waals surface area contributed by atoms with E-state index < -0.39 is 0 Å². The lowest BCUT2D eigenvalue weighted by Crippen LogP contribution is -2.08. The molecule has 0 amide bonds. The summed E-state index contributed by atoms with van der Waals surface area (Å²) in [5.74, 6) is -0.189. The van der Waals surface area contributed by atoms with Crippen molar-refractivity contribution in [1.29, 1.82) is 0 Å². The molecule has 0 spiro atoms. The standard InChI is InChI=1S/C8H10FN.CH4/c1-10(2)8-5-3-4-7(9)6-8;/h3-6H,1-2H3;1H4. The fraction of sp³-hybridized carbons (Fsp3) is 0.333. The van der Waals surface area contributed by atoms with Gasteiger partial charge in [-0.05, 0) is 18.2 Å². The molecule has 0 bridgehead atoms. The van der Waals surface area contributed by atoms with Gasteiger partial charge in [0.25, 0.3) is 0 Å². The van der Waals surface area contributed by atoms with E-state index in [1.54, 1.807) is 6.07 Å². The second kappa shape index (κ2) is 3.96. The summed E-state index contributed by atoms with van der Waals surface area (Å²) < 4.78 is 12.5. The van der Waals surface area contributed by atoms with Crippen LogP contribution in [0.3, 0.4) is 0 Å². The highest BCUT2D eigenvalue weighted by molar-refractivity contribution is 5.44. The molecular formula is C9H14FN. The molecule has 0 atom stereocenters. The summed E-state index contributed by atoms with van der Waals surface area (Å²) in [5, 5.41) is 0. The van der Waals surface area contributed by atoms with Crippen LogP contribution in [0.25, 0.3) is 0 Å². The maximum absolute atomic E-state index is 12.5. The molecule has 0 aromatic heterocycles. The highest BCUT2D eigenvalue weighted by Gasteiger charge is 1.94. The van der Waals surface area contributed by atoms with Gasteiger partial charge in [0.2, 0.25) is 0 Å². The highest BCUT2D eigenvalue weighted by Crippen LogP contribution is 2.11. The molecule has 0 N–H and O–H groups in total. The molecule has 0 fully saturated rings. The number of halogens is 1. The number of rotatable bonds is 1. The van der Waals surface area contributed by atoms with E-state index in [1.165, 1.54) is 12.1 Å². The van der Waals surface area contributed by atoms with Crippen LogP contribution in [0.4, 0.5) is 10.1 Å². The van der Waals surface area contributed by atoms with Crippen LogP contribution in [0.5, 0.6) is 0 Å². The maximum Gasteiger partial charge on any atom is 0.125 e. The van der Waals surface area contributed by atoms with E-state index >= 15 is 0 Å². The lowest BCUT2D eigenvalue weighted by Gasteiger charge is -2.11. The third-order valence-corrected chi connectivity index (χ3v) is 1.32. The third kappa shape index (κ3) is 2.58. The number of hydrogen-bond donors (Lipinski definition) is 0. The van der Waals surface area contributed by atoms with Gasteiger partial charge in [-0.2, -0.15) is 0 Å². The fourth-order valence-corrected chi connectivity index (χ4v) is 0.754. The average Bonchev–Trinajstić information content (AvgIpc) is 1.88. The maximum atomic E-state index is 12.5. The topological polar surface area (TPSA) is 3.24 Å². The van der Waals surface area contributed by atoms with Crippen LogP contribution in [0, 0.1) is 5.82 Å². The van der Waals surface area contributed by atoms with Crippen LogP contribution in [0.15, 0.2) is 24.3 Å². The second-order valence-electron chi connectivity index (χ2n) is 2.37. The first-order valence-corrected chi connectivity index (χ1v) is 3.13. The predicted molar refractivity (Wildman–Crippen MR) is 47.5 cm³/mol. The van der Waals surface area contributed by atoms with E-state index in [-0.39, 0.29) is 13.2 Å². The minimum absolute atomic E-state index is 0. The molecule has 1 rings (SSSR count). The summed E-state index contributed by atoms with van der Waals surface area (Å²) in [6.45, 7) is 0. The van der Waals surface area contributed by atoms with E-state index in [0.29, 0.717) is 0 Å². The van der Waals surface area contributed by atoms with Crippen molar-refractivity contribution in [2.45, 2.75) is 7.43 Å². The molecule has 1 nitrogen and oxygen atoms in total. The van der Waals surface area contributed by atoms with Crippen LogP contribution in [-0.2, 0) is 0 Å². The van der Waals surface area contributed by atoms with Gasteiger partial charge in [-0.1, -0.05) is 13.5 Å². The Morgan fingerprint density at radius 1 is 1.27 bits per heavy atom. The minimum Gasteiger partial charge on any atom is -0.378 e. The summed E-state index contributed by atoms with van der Waals surface area (Å²) in [5.41, 5.74) is 0.889. The first kappa shape index (κ1) is 9.95. The largest absolute Gasteiger partial charge is 0.378 e. The molecule has 2 heteroatoms. The van der Waals surface area contributed by atoms with E-state index in [2.05, 4.69) is 0 Å². The number of nitrogens with zero attached hydrogens (tertiary/aromatic N) is 1. The summed E-state index contributed by atoms with van der Waals surface area (Å²) in [7, 11) is 3.77. The monoisotopic (exact) mass is 155 g/mol. The van der Waals surface area contributed by atoms with Crippen molar-refractivity contribution in [2.24, 2.45) is 0 Å². The lowest BCUT2D eigenvalue weighted by atomic mass is 10.3. The zero-order chi connectivity index (χ0) is 7.56. The quantitative estimate of drug-likeness (QED) is 0.602. The Labute approximate surface area is 67.5 Å². The Morgan fingerprint density at radius 2 is 1.91 bits per heavy atom. The van der Waals surface area contributed by atoms with E-state index in [4.69, 9.17) is 0 Å². The van der Waals surface area contributed by atoms with E-state index in [9.17, 15) is 4.39 Å². The SMILES string of the molecule is C.CN(C)c1cccc(F)c1. The molecule has 1 aromatic carbocycles. The Balaban J connectivity index is 0.000001000.